The molecule has 1 unspecified atom stereocenters. The molecule has 102 valence electrons. The zero-order valence-corrected chi connectivity index (χ0v) is 11.2. The molecule has 0 saturated carbocycles. The van der Waals surface area contributed by atoms with Gasteiger partial charge in [0.1, 0.15) is 5.75 Å². The van der Waals surface area contributed by atoms with Gasteiger partial charge in [-0.1, -0.05) is 42.5 Å². The molecule has 0 N–H and O–H groups in total. The summed E-state index contributed by atoms with van der Waals surface area (Å²) in [5, 5.41) is 0. The molecule has 2 aromatic carbocycles. The molecule has 0 amide bonds. The number of Topliss-reactive ketones (excluding diaryl/α,β-unsaturated/α-hetero) is 1. The van der Waals surface area contributed by atoms with Crippen molar-refractivity contribution in [3.8, 4) is 5.75 Å². The predicted octanol–water partition coefficient (Wildman–Crippen LogP) is 3.06. The molecule has 0 saturated heterocycles. The topological polar surface area (TPSA) is 43.4 Å². The second kappa shape index (κ2) is 4.16. The zero-order valence-electron chi connectivity index (χ0n) is 11.2. The molecule has 1 heterocycles. The lowest BCUT2D eigenvalue weighted by Gasteiger charge is -2.25. The van der Waals surface area contributed by atoms with Gasteiger partial charge in [0.25, 0.3) is 0 Å². The lowest BCUT2D eigenvalue weighted by atomic mass is 9.85. The van der Waals surface area contributed by atoms with Crippen LogP contribution in [0.1, 0.15) is 22.3 Å². The maximum Gasteiger partial charge on any atom is 0.215 e. The minimum Gasteiger partial charge on any atom is -0.473 e. The van der Waals surface area contributed by atoms with E-state index in [4.69, 9.17) is 4.74 Å². The van der Waals surface area contributed by atoms with Gasteiger partial charge in [0.2, 0.25) is 11.4 Å². The van der Waals surface area contributed by atoms with E-state index in [1.165, 1.54) is 0 Å². The molecule has 3 heteroatoms. The average Bonchev–Trinajstić information content (AvgIpc) is 2.99. The fraction of sp³-hybridized carbons (Fsp3) is 0.111. The molecular weight excluding hydrogens is 264 g/mol. The number of hydrogen-bond acceptors (Lipinski definition) is 3. The first-order valence-corrected chi connectivity index (χ1v) is 6.84. The number of para-hydroxylation sites is 1. The lowest BCUT2D eigenvalue weighted by Crippen LogP contribution is -2.39. The highest BCUT2D eigenvalue weighted by Gasteiger charge is 2.55. The molecule has 0 fully saturated rings. The molecule has 2 aromatic rings. The summed E-state index contributed by atoms with van der Waals surface area (Å²) >= 11 is 0. The van der Waals surface area contributed by atoms with E-state index in [1.54, 1.807) is 18.2 Å². The van der Waals surface area contributed by atoms with E-state index in [0.29, 0.717) is 16.9 Å². The Morgan fingerprint density at radius 3 is 2.38 bits per heavy atom. The van der Waals surface area contributed by atoms with E-state index < -0.39 is 5.60 Å². The van der Waals surface area contributed by atoms with Gasteiger partial charge >= 0.3 is 0 Å². The Kier molecular flexibility index (Phi) is 2.39. The first-order valence-electron chi connectivity index (χ1n) is 6.84. The predicted molar refractivity (Wildman–Crippen MR) is 78.2 cm³/mol. The molecule has 0 aromatic heterocycles. The minimum atomic E-state index is -1.18. The molecule has 0 bridgehead atoms. The van der Waals surface area contributed by atoms with Crippen molar-refractivity contribution in [3.63, 3.8) is 0 Å². The van der Waals surface area contributed by atoms with Gasteiger partial charge in [-0.15, -0.1) is 0 Å². The van der Waals surface area contributed by atoms with Crippen LogP contribution in [0.3, 0.4) is 0 Å². The highest BCUT2D eigenvalue weighted by Crippen LogP contribution is 2.47. The van der Waals surface area contributed by atoms with Crippen LogP contribution in [0.4, 0.5) is 0 Å². The van der Waals surface area contributed by atoms with Gasteiger partial charge in [0, 0.05) is 5.57 Å². The Morgan fingerprint density at radius 2 is 1.62 bits per heavy atom. The zero-order chi connectivity index (χ0) is 14.4. The largest absolute Gasteiger partial charge is 0.473 e. The summed E-state index contributed by atoms with van der Waals surface area (Å²) in [5.74, 6) is 0.355. The SMILES string of the molecule is O=C1C=C(c2ccccc2)C2(C1)Oc1ccccc1C2=O. The number of rotatable bonds is 1. The van der Waals surface area contributed by atoms with Crippen molar-refractivity contribution in [2.24, 2.45) is 0 Å². The number of ketones is 2. The second-order valence-electron chi connectivity index (χ2n) is 5.32. The van der Waals surface area contributed by atoms with Crippen molar-refractivity contribution < 1.29 is 14.3 Å². The lowest BCUT2D eigenvalue weighted by molar-refractivity contribution is -0.115. The van der Waals surface area contributed by atoms with Crippen LogP contribution in [0.15, 0.2) is 60.7 Å². The molecule has 2 aliphatic rings. The molecule has 1 aliphatic heterocycles. The second-order valence-corrected chi connectivity index (χ2v) is 5.32. The number of benzene rings is 2. The summed E-state index contributed by atoms with van der Waals surface area (Å²) in [5.41, 5.74) is 0.884. The quantitative estimate of drug-likeness (QED) is 0.804. The van der Waals surface area contributed by atoms with E-state index in [1.807, 2.05) is 42.5 Å². The Balaban J connectivity index is 1.88. The average molecular weight is 276 g/mol. The third-order valence-electron chi connectivity index (χ3n) is 4.03. The Bertz CT molecular complexity index is 789. The Hall–Kier alpha value is -2.68. The minimum absolute atomic E-state index is 0.0741. The van der Waals surface area contributed by atoms with Gasteiger partial charge in [-0.2, -0.15) is 0 Å². The van der Waals surface area contributed by atoms with Crippen LogP contribution in [0.2, 0.25) is 0 Å². The van der Waals surface area contributed by atoms with Crippen LogP contribution >= 0.6 is 0 Å². The van der Waals surface area contributed by atoms with Gasteiger partial charge < -0.3 is 4.74 Å². The summed E-state index contributed by atoms with van der Waals surface area (Å²) in [6.45, 7) is 0. The fourth-order valence-electron chi connectivity index (χ4n) is 3.09. The third-order valence-corrected chi connectivity index (χ3v) is 4.03. The number of allylic oxidation sites excluding steroid dienone is 1. The van der Waals surface area contributed by atoms with Crippen LogP contribution in [-0.2, 0) is 4.79 Å². The first-order chi connectivity index (χ1) is 10.2. The van der Waals surface area contributed by atoms with Crippen LogP contribution in [-0.4, -0.2) is 17.2 Å². The van der Waals surface area contributed by atoms with E-state index in [0.717, 1.165) is 5.56 Å². The van der Waals surface area contributed by atoms with Gasteiger partial charge in [-0.3, -0.25) is 9.59 Å². The van der Waals surface area contributed by atoms with Crippen molar-refractivity contribution in [1.29, 1.82) is 0 Å². The standard InChI is InChI=1S/C18H12O3/c19-13-10-15(12-6-2-1-3-7-12)18(11-13)17(20)14-8-4-5-9-16(14)21-18/h1-10H,11H2. The van der Waals surface area contributed by atoms with Gasteiger partial charge in [-0.05, 0) is 23.8 Å². The number of fused-ring (bicyclic) bond motifs is 1. The van der Waals surface area contributed by atoms with E-state index in [9.17, 15) is 9.59 Å². The van der Waals surface area contributed by atoms with Crippen molar-refractivity contribution in [1.82, 2.24) is 0 Å². The first kappa shape index (κ1) is 12.1. The maximum atomic E-state index is 12.8. The normalized spacial score (nSPS) is 23.1. The molecule has 4 rings (SSSR count). The van der Waals surface area contributed by atoms with Gasteiger partial charge in [0.05, 0.1) is 12.0 Å². The van der Waals surface area contributed by atoms with Crippen molar-refractivity contribution in [2.45, 2.75) is 12.0 Å². The van der Waals surface area contributed by atoms with Gasteiger partial charge in [-0.25, -0.2) is 0 Å². The molecule has 0 radical (unpaired) electrons. The summed E-state index contributed by atoms with van der Waals surface area (Å²) < 4.78 is 5.97. The number of ether oxygens (including phenoxy) is 1. The number of carbonyl (C=O) groups is 2. The summed E-state index contributed by atoms with van der Waals surface area (Å²) in [6, 6.07) is 16.6. The number of carbonyl (C=O) groups excluding carboxylic acids is 2. The summed E-state index contributed by atoms with van der Waals surface area (Å²) in [6.07, 6.45) is 1.61. The molecule has 21 heavy (non-hydrogen) atoms. The smallest absolute Gasteiger partial charge is 0.215 e. The van der Waals surface area contributed by atoms with Gasteiger partial charge in [0.15, 0.2) is 5.78 Å². The Labute approximate surface area is 121 Å². The van der Waals surface area contributed by atoms with Crippen molar-refractivity contribution in [2.75, 3.05) is 0 Å². The summed E-state index contributed by atoms with van der Waals surface area (Å²) in [7, 11) is 0. The van der Waals surface area contributed by atoms with Crippen LogP contribution in [0.5, 0.6) is 5.75 Å². The number of hydrogen-bond donors (Lipinski definition) is 0. The molecule has 1 spiro atoms. The van der Waals surface area contributed by atoms with E-state index in [-0.39, 0.29) is 18.0 Å². The highest BCUT2D eigenvalue weighted by molar-refractivity contribution is 6.22. The Morgan fingerprint density at radius 1 is 0.905 bits per heavy atom. The fourth-order valence-corrected chi connectivity index (χ4v) is 3.09. The molecule has 1 atom stereocenters. The monoisotopic (exact) mass is 276 g/mol. The molecular formula is C18H12O3. The van der Waals surface area contributed by atoms with Crippen LogP contribution < -0.4 is 4.74 Å². The molecule has 1 aliphatic carbocycles. The van der Waals surface area contributed by atoms with Crippen molar-refractivity contribution in [3.05, 3.63) is 71.8 Å². The maximum absolute atomic E-state index is 12.8. The third kappa shape index (κ3) is 1.61. The van der Waals surface area contributed by atoms with Crippen molar-refractivity contribution >= 4 is 17.1 Å². The van der Waals surface area contributed by atoms with E-state index >= 15 is 0 Å². The van der Waals surface area contributed by atoms with Crippen LogP contribution in [0.25, 0.3) is 5.57 Å². The van der Waals surface area contributed by atoms with E-state index in [2.05, 4.69) is 0 Å². The molecule has 3 nitrogen and oxygen atoms in total. The summed E-state index contributed by atoms with van der Waals surface area (Å²) in [4.78, 5) is 24.8. The van der Waals surface area contributed by atoms with Crippen LogP contribution in [0, 0.1) is 0 Å². The highest BCUT2D eigenvalue weighted by atomic mass is 16.5.